The molecule has 2 saturated carbocycles. The van der Waals surface area contributed by atoms with E-state index in [2.05, 4.69) is 19.9 Å². The summed E-state index contributed by atoms with van der Waals surface area (Å²) in [6.07, 6.45) is 7.80. The van der Waals surface area contributed by atoms with Crippen molar-refractivity contribution in [3.05, 3.63) is 11.6 Å². The van der Waals surface area contributed by atoms with Crippen LogP contribution in [0, 0.1) is 23.2 Å². The molecule has 2 aliphatic carbocycles. The predicted molar refractivity (Wildman–Crippen MR) is 63.6 cm³/mol. The maximum Gasteiger partial charge on any atom is 0.0639 e. The molecule has 0 saturated heterocycles. The molecule has 0 aromatic carbocycles. The number of hydrogen-bond donors (Lipinski definition) is 1. The SMILES string of the molecule is C/C(=C\CC1C2CCC(C2)C1(C)C)CO. The minimum Gasteiger partial charge on any atom is -0.392 e. The quantitative estimate of drug-likeness (QED) is 0.705. The number of hydrogen-bond acceptors (Lipinski definition) is 1. The first kappa shape index (κ1) is 11.2. The Kier molecular flexibility index (Phi) is 2.94. The van der Waals surface area contributed by atoms with Crippen LogP contribution in [0.15, 0.2) is 11.6 Å². The molecule has 1 N–H and O–H groups in total. The topological polar surface area (TPSA) is 20.2 Å². The van der Waals surface area contributed by atoms with Gasteiger partial charge in [0.2, 0.25) is 0 Å². The molecule has 1 heteroatoms. The summed E-state index contributed by atoms with van der Waals surface area (Å²) in [5, 5.41) is 9.00. The summed E-state index contributed by atoms with van der Waals surface area (Å²) < 4.78 is 0. The average molecular weight is 208 g/mol. The van der Waals surface area contributed by atoms with Crippen LogP contribution in [0.4, 0.5) is 0 Å². The Bertz CT molecular complexity index is 265. The maximum absolute atomic E-state index is 9.00. The second-order valence-corrected chi connectivity index (χ2v) is 6.14. The van der Waals surface area contributed by atoms with E-state index in [1.54, 1.807) is 0 Å². The van der Waals surface area contributed by atoms with Gasteiger partial charge in [-0.15, -0.1) is 0 Å². The van der Waals surface area contributed by atoms with Crippen LogP contribution in [0.1, 0.15) is 46.5 Å². The van der Waals surface area contributed by atoms with E-state index in [0.29, 0.717) is 5.41 Å². The van der Waals surface area contributed by atoms with Crippen LogP contribution in [0.5, 0.6) is 0 Å². The average Bonchev–Trinajstić information content (AvgIpc) is 2.74. The van der Waals surface area contributed by atoms with Gasteiger partial charge in [0, 0.05) is 0 Å². The van der Waals surface area contributed by atoms with E-state index in [1.165, 1.54) is 25.7 Å². The van der Waals surface area contributed by atoms with Crippen LogP contribution < -0.4 is 0 Å². The Balaban J connectivity index is 2.03. The zero-order valence-electron chi connectivity index (χ0n) is 10.3. The van der Waals surface area contributed by atoms with Crippen LogP contribution in [-0.2, 0) is 0 Å². The molecule has 15 heavy (non-hydrogen) atoms. The van der Waals surface area contributed by atoms with E-state index in [9.17, 15) is 0 Å². The molecule has 2 rings (SSSR count). The van der Waals surface area contributed by atoms with Crippen LogP contribution in [0.3, 0.4) is 0 Å². The van der Waals surface area contributed by atoms with E-state index >= 15 is 0 Å². The molecule has 2 fully saturated rings. The molecule has 0 heterocycles. The molecule has 0 aromatic rings. The summed E-state index contributed by atoms with van der Waals surface area (Å²) >= 11 is 0. The number of rotatable bonds is 3. The standard InChI is InChI=1S/C14H24O/c1-10(9-15)4-7-13-11-5-6-12(8-11)14(13,2)3/h4,11-13,15H,5-9H2,1-3H3/b10-4+. The number of aliphatic hydroxyl groups excluding tert-OH is 1. The lowest BCUT2D eigenvalue weighted by atomic mass is 9.67. The Hall–Kier alpha value is -0.300. The molecular formula is C14H24O. The van der Waals surface area contributed by atoms with Gasteiger partial charge in [0.1, 0.15) is 0 Å². The van der Waals surface area contributed by atoms with Crippen LogP contribution >= 0.6 is 0 Å². The van der Waals surface area contributed by atoms with Gasteiger partial charge in [0.05, 0.1) is 6.61 Å². The smallest absolute Gasteiger partial charge is 0.0639 e. The second-order valence-electron chi connectivity index (χ2n) is 6.14. The highest BCUT2D eigenvalue weighted by molar-refractivity contribution is 5.06. The van der Waals surface area contributed by atoms with Crippen LogP contribution in [-0.4, -0.2) is 11.7 Å². The highest BCUT2D eigenvalue weighted by Crippen LogP contribution is 2.60. The molecule has 2 aliphatic rings. The lowest BCUT2D eigenvalue weighted by Gasteiger charge is -2.38. The summed E-state index contributed by atoms with van der Waals surface area (Å²) in [4.78, 5) is 0. The Morgan fingerprint density at radius 3 is 2.67 bits per heavy atom. The Morgan fingerprint density at radius 1 is 1.40 bits per heavy atom. The van der Waals surface area contributed by atoms with Crippen LogP contribution in [0.25, 0.3) is 0 Å². The third-order valence-corrected chi connectivity index (χ3v) is 5.02. The van der Waals surface area contributed by atoms with Gasteiger partial charge >= 0.3 is 0 Å². The lowest BCUT2D eigenvalue weighted by molar-refractivity contribution is 0.124. The fourth-order valence-corrected chi connectivity index (χ4v) is 3.86. The summed E-state index contributed by atoms with van der Waals surface area (Å²) in [6, 6.07) is 0. The molecule has 0 aliphatic heterocycles. The minimum absolute atomic E-state index is 0.223. The number of fused-ring (bicyclic) bond motifs is 2. The summed E-state index contributed by atoms with van der Waals surface area (Å²) in [7, 11) is 0. The fourth-order valence-electron chi connectivity index (χ4n) is 3.86. The molecule has 3 unspecified atom stereocenters. The first-order valence-corrected chi connectivity index (χ1v) is 6.32. The fraction of sp³-hybridized carbons (Fsp3) is 0.857. The van der Waals surface area contributed by atoms with Gasteiger partial charge in [-0.3, -0.25) is 0 Å². The van der Waals surface area contributed by atoms with Crippen molar-refractivity contribution in [2.24, 2.45) is 23.2 Å². The normalized spacial score (nSPS) is 38.7. The largest absolute Gasteiger partial charge is 0.392 e. The van der Waals surface area contributed by atoms with E-state index in [4.69, 9.17) is 5.11 Å². The number of aliphatic hydroxyl groups is 1. The molecule has 0 amide bonds. The molecule has 2 bridgehead atoms. The van der Waals surface area contributed by atoms with Gasteiger partial charge in [0.15, 0.2) is 0 Å². The van der Waals surface area contributed by atoms with E-state index in [0.717, 1.165) is 23.3 Å². The minimum atomic E-state index is 0.223. The summed E-state index contributed by atoms with van der Waals surface area (Å²) in [5.74, 6) is 2.79. The molecule has 3 atom stereocenters. The van der Waals surface area contributed by atoms with E-state index in [1.807, 2.05) is 6.92 Å². The summed E-state index contributed by atoms with van der Waals surface area (Å²) in [5.41, 5.74) is 1.67. The maximum atomic E-state index is 9.00. The third kappa shape index (κ3) is 1.87. The molecular weight excluding hydrogens is 184 g/mol. The zero-order chi connectivity index (χ0) is 11.1. The highest BCUT2D eigenvalue weighted by atomic mass is 16.3. The van der Waals surface area contributed by atoms with Gasteiger partial charge in [0.25, 0.3) is 0 Å². The zero-order valence-corrected chi connectivity index (χ0v) is 10.3. The molecule has 1 nitrogen and oxygen atoms in total. The van der Waals surface area contributed by atoms with Crippen molar-refractivity contribution in [2.75, 3.05) is 6.61 Å². The summed E-state index contributed by atoms with van der Waals surface area (Å²) in [6.45, 7) is 7.15. The monoisotopic (exact) mass is 208 g/mol. The first-order chi connectivity index (χ1) is 7.05. The predicted octanol–water partition coefficient (Wildman–Crippen LogP) is 3.39. The second kappa shape index (κ2) is 3.93. The van der Waals surface area contributed by atoms with E-state index in [-0.39, 0.29) is 6.61 Å². The van der Waals surface area contributed by atoms with Crippen molar-refractivity contribution in [2.45, 2.75) is 46.5 Å². The van der Waals surface area contributed by atoms with Gasteiger partial charge in [-0.1, -0.05) is 25.5 Å². The van der Waals surface area contributed by atoms with Crippen molar-refractivity contribution >= 4 is 0 Å². The van der Waals surface area contributed by atoms with Crippen LogP contribution in [0.2, 0.25) is 0 Å². The lowest BCUT2D eigenvalue weighted by Crippen LogP contribution is -2.30. The third-order valence-electron chi connectivity index (χ3n) is 5.02. The van der Waals surface area contributed by atoms with Crippen molar-refractivity contribution in [1.29, 1.82) is 0 Å². The Labute approximate surface area is 93.6 Å². The molecule has 86 valence electrons. The van der Waals surface area contributed by atoms with Gasteiger partial charge in [-0.25, -0.2) is 0 Å². The molecule has 0 spiro atoms. The number of allylic oxidation sites excluding steroid dienone is 1. The van der Waals surface area contributed by atoms with Gasteiger partial charge < -0.3 is 5.11 Å². The molecule has 0 aromatic heterocycles. The highest BCUT2D eigenvalue weighted by Gasteiger charge is 2.51. The Morgan fingerprint density at radius 2 is 2.13 bits per heavy atom. The van der Waals surface area contributed by atoms with Crippen molar-refractivity contribution in [3.8, 4) is 0 Å². The van der Waals surface area contributed by atoms with Gasteiger partial charge in [-0.2, -0.15) is 0 Å². The van der Waals surface area contributed by atoms with Crippen molar-refractivity contribution in [3.63, 3.8) is 0 Å². The van der Waals surface area contributed by atoms with E-state index < -0.39 is 0 Å². The molecule has 0 radical (unpaired) electrons. The van der Waals surface area contributed by atoms with Gasteiger partial charge in [-0.05, 0) is 55.8 Å². The van der Waals surface area contributed by atoms with Crippen molar-refractivity contribution in [1.82, 2.24) is 0 Å². The first-order valence-electron chi connectivity index (χ1n) is 6.32. The van der Waals surface area contributed by atoms with Crippen molar-refractivity contribution < 1.29 is 5.11 Å².